The van der Waals surface area contributed by atoms with E-state index in [2.05, 4.69) is 4.99 Å². The molecule has 0 amide bonds. The van der Waals surface area contributed by atoms with Crippen molar-refractivity contribution < 1.29 is 13.2 Å². The van der Waals surface area contributed by atoms with Crippen LogP contribution in [-0.2, 0) is 9.84 Å². The highest BCUT2D eigenvalue weighted by atomic mass is 32.2. The van der Waals surface area contributed by atoms with E-state index in [0.717, 1.165) is 0 Å². The van der Waals surface area contributed by atoms with Crippen molar-refractivity contribution in [3.63, 3.8) is 0 Å². The molecule has 0 atom stereocenters. The molecule has 0 spiro atoms. The summed E-state index contributed by atoms with van der Waals surface area (Å²) in [4.78, 5) is 4.09. The Morgan fingerprint density at radius 3 is 2.50 bits per heavy atom. The van der Waals surface area contributed by atoms with E-state index in [0.29, 0.717) is 5.75 Å². The van der Waals surface area contributed by atoms with E-state index in [1.165, 1.54) is 13.1 Å². The molecule has 0 aliphatic carbocycles. The normalized spacial score (nSPS) is 17.8. The molecule has 1 aromatic carbocycles. The lowest BCUT2D eigenvalue weighted by Crippen LogP contribution is -2.19. The first kappa shape index (κ1) is 10.9. The van der Waals surface area contributed by atoms with Gasteiger partial charge in [0.25, 0.3) is 0 Å². The highest BCUT2D eigenvalue weighted by Gasteiger charge is 2.26. The predicted molar refractivity (Wildman–Crippen MR) is 62.0 cm³/mol. The van der Waals surface area contributed by atoms with E-state index < -0.39 is 9.84 Å². The molecular weight excluding hydrogens is 226 g/mol. The summed E-state index contributed by atoms with van der Waals surface area (Å²) in [6, 6.07) is 9.04. The number of rotatable bonds is 3. The van der Waals surface area contributed by atoms with Gasteiger partial charge in [0.05, 0.1) is 4.91 Å². The average molecular weight is 237 g/mol. The van der Waals surface area contributed by atoms with Gasteiger partial charge < -0.3 is 4.74 Å². The lowest BCUT2D eigenvalue weighted by Gasteiger charge is -2.05. The number of ether oxygens (including phenoxy) is 1. The maximum Gasteiger partial charge on any atom is 0.220 e. The van der Waals surface area contributed by atoms with E-state index in [1.807, 2.05) is 18.2 Å². The molecule has 0 N–H and O–H groups in total. The van der Waals surface area contributed by atoms with Gasteiger partial charge in [-0.2, -0.15) is 0 Å². The third kappa shape index (κ3) is 1.99. The Kier molecular flexibility index (Phi) is 2.78. The van der Waals surface area contributed by atoms with Crippen molar-refractivity contribution >= 4 is 14.9 Å². The molecule has 0 bridgehead atoms. The minimum Gasteiger partial charge on any atom is -0.487 e. The van der Waals surface area contributed by atoms with Gasteiger partial charge in [-0.15, -0.1) is 0 Å². The van der Waals surface area contributed by atoms with Crippen LogP contribution in [0.5, 0.6) is 5.75 Å². The van der Waals surface area contributed by atoms with Crippen LogP contribution in [0.2, 0.25) is 0 Å². The Morgan fingerprint density at radius 2 is 1.94 bits per heavy atom. The minimum atomic E-state index is -3.35. The monoisotopic (exact) mass is 237 g/mol. The van der Waals surface area contributed by atoms with Gasteiger partial charge >= 0.3 is 0 Å². The summed E-state index contributed by atoms with van der Waals surface area (Å²) >= 11 is 0. The summed E-state index contributed by atoms with van der Waals surface area (Å²) in [7, 11) is -3.35. The van der Waals surface area contributed by atoms with Crippen LogP contribution >= 0.6 is 0 Å². The molecule has 1 heterocycles. The van der Waals surface area contributed by atoms with Crippen molar-refractivity contribution in [2.45, 2.75) is 6.92 Å². The molecular formula is C11H11NO3S. The van der Waals surface area contributed by atoms with Crippen molar-refractivity contribution in [1.82, 2.24) is 0 Å². The summed E-state index contributed by atoms with van der Waals surface area (Å²) in [6.07, 6.45) is 1.35. The third-order valence-corrected chi connectivity index (χ3v) is 4.03. The van der Waals surface area contributed by atoms with Gasteiger partial charge in [-0.05, 0) is 19.1 Å². The number of aliphatic imine (C=N–C) groups is 1. The van der Waals surface area contributed by atoms with Crippen LogP contribution in [0.4, 0.5) is 0 Å². The van der Waals surface area contributed by atoms with Crippen LogP contribution in [0.25, 0.3) is 0 Å². The van der Waals surface area contributed by atoms with Crippen LogP contribution in [-0.4, -0.2) is 20.1 Å². The highest BCUT2D eigenvalue weighted by Crippen LogP contribution is 2.17. The van der Waals surface area contributed by atoms with Crippen molar-refractivity contribution in [2.75, 3.05) is 6.61 Å². The number of nitrogens with zero attached hydrogens (tertiary/aromatic N) is 1. The van der Waals surface area contributed by atoms with Crippen LogP contribution in [0.3, 0.4) is 0 Å². The van der Waals surface area contributed by atoms with Crippen LogP contribution < -0.4 is 4.74 Å². The van der Waals surface area contributed by atoms with E-state index in [9.17, 15) is 8.42 Å². The zero-order valence-electron chi connectivity index (χ0n) is 8.75. The Bertz CT molecular complexity index is 544. The summed E-state index contributed by atoms with van der Waals surface area (Å²) in [6.45, 7) is 1.49. The number of allylic oxidation sites excluding steroid dienone is 1. The summed E-state index contributed by atoms with van der Waals surface area (Å²) < 4.78 is 28.6. The zero-order valence-corrected chi connectivity index (χ0v) is 9.57. The van der Waals surface area contributed by atoms with Crippen molar-refractivity contribution in [2.24, 2.45) is 4.99 Å². The van der Waals surface area contributed by atoms with Crippen LogP contribution in [0, 0.1) is 0 Å². The molecule has 1 aromatic rings. The van der Waals surface area contributed by atoms with E-state index >= 15 is 0 Å². The van der Waals surface area contributed by atoms with Gasteiger partial charge in [0.2, 0.25) is 9.84 Å². The molecule has 2 rings (SSSR count). The molecule has 16 heavy (non-hydrogen) atoms. The van der Waals surface area contributed by atoms with Gasteiger partial charge in [0, 0.05) is 6.20 Å². The predicted octanol–water partition coefficient (Wildman–Crippen LogP) is 1.75. The zero-order chi connectivity index (χ0) is 11.6. The second-order valence-corrected chi connectivity index (χ2v) is 5.49. The number of para-hydroxylation sites is 1. The lowest BCUT2D eigenvalue weighted by atomic mass is 10.3. The molecule has 5 heteroatoms. The van der Waals surface area contributed by atoms with E-state index in [1.54, 1.807) is 12.1 Å². The molecule has 0 fully saturated rings. The fourth-order valence-corrected chi connectivity index (χ4v) is 2.23. The first-order chi connectivity index (χ1) is 7.60. The van der Waals surface area contributed by atoms with Gasteiger partial charge in [-0.25, -0.2) is 13.4 Å². The van der Waals surface area contributed by atoms with Crippen LogP contribution in [0.1, 0.15) is 6.92 Å². The van der Waals surface area contributed by atoms with Gasteiger partial charge in [-0.3, -0.25) is 0 Å². The lowest BCUT2D eigenvalue weighted by molar-refractivity contribution is 0.378. The van der Waals surface area contributed by atoms with Gasteiger partial charge in [0.1, 0.15) is 12.4 Å². The molecule has 1 aliphatic rings. The third-order valence-electron chi connectivity index (χ3n) is 2.23. The standard InChI is InChI=1S/C11H11NO3S/c1-9-7-12-11(16(9,13)14)8-15-10-5-3-2-4-6-10/h2-7H,8H2,1H3. The number of benzene rings is 1. The molecule has 4 nitrogen and oxygen atoms in total. The molecule has 0 saturated carbocycles. The summed E-state index contributed by atoms with van der Waals surface area (Å²) in [5.74, 6) is 0.630. The topological polar surface area (TPSA) is 55.7 Å². The fraction of sp³-hybridized carbons (Fsp3) is 0.182. The average Bonchev–Trinajstić information content (AvgIpc) is 2.53. The quantitative estimate of drug-likeness (QED) is 0.804. The van der Waals surface area contributed by atoms with Crippen molar-refractivity contribution in [3.05, 3.63) is 41.4 Å². The summed E-state index contributed by atoms with van der Waals surface area (Å²) in [5, 5.41) is 0.0638. The molecule has 0 saturated heterocycles. The van der Waals surface area contributed by atoms with E-state index in [-0.39, 0.29) is 16.6 Å². The van der Waals surface area contributed by atoms with Gasteiger partial charge in [-0.1, -0.05) is 18.2 Å². The molecule has 0 radical (unpaired) electrons. The fourth-order valence-electron chi connectivity index (χ4n) is 1.26. The first-order valence-electron chi connectivity index (χ1n) is 4.77. The summed E-state index contributed by atoms with van der Waals surface area (Å²) in [5.41, 5.74) is 0. The van der Waals surface area contributed by atoms with Crippen molar-refractivity contribution in [1.29, 1.82) is 0 Å². The molecule has 0 aromatic heterocycles. The number of sulfone groups is 1. The van der Waals surface area contributed by atoms with Gasteiger partial charge in [0.15, 0.2) is 5.04 Å². The minimum absolute atomic E-state index is 0.0276. The smallest absolute Gasteiger partial charge is 0.220 e. The Morgan fingerprint density at radius 1 is 1.25 bits per heavy atom. The Balaban J connectivity index is 2.05. The first-order valence-corrected chi connectivity index (χ1v) is 6.25. The molecule has 1 aliphatic heterocycles. The number of hydrogen-bond donors (Lipinski definition) is 0. The Hall–Kier alpha value is -1.62. The molecule has 0 unspecified atom stereocenters. The largest absolute Gasteiger partial charge is 0.487 e. The maximum absolute atomic E-state index is 11.6. The molecule has 84 valence electrons. The van der Waals surface area contributed by atoms with Crippen molar-refractivity contribution in [3.8, 4) is 5.75 Å². The second-order valence-electron chi connectivity index (χ2n) is 3.37. The second kappa shape index (κ2) is 4.09. The SMILES string of the molecule is CC1=CN=C(COc2ccccc2)S1(=O)=O. The highest BCUT2D eigenvalue weighted by molar-refractivity contribution is 8.10. The Labute approximate surface area is 94.2 Å². The van der Waals surface area contributed by atoms with Crippen LogP contribution in [0.15, 0.2) is 46.4 Å². The maximum atomic E-state index is 11.6. The number of hydrogen-bond acceptors (Lipinski definition) is 4. The van der Waals surface area contributed by atoms with E-state index in [4.69, 9.17) is 4.74 Å².